The van der Waals surface area contributed by atoms with E-state index in [9.17, 15) is 0 Å². The second kappa shape index (κ2) is 3.00. The molecule has 1 heterocycles. The molecule has 3 heteroatoms. The van der Waals surface area contributed by atoms with Crippen LogP contribution in [0.3, 0.4) is 0 Å². The monoisotopic (exact) mass is 130 g/mol. The van der Waals surface area contributed by atoms with Gasteiger partial charge in [0.25, 0.3) is 0 Å². The Labute approximate surface area is 57.2 Å². The molecule has 0 spiro atoms. The Morgan fingerprint density at radius 3 is 2.57 bits per heavy atom. The van der Waals surface area contributed by atoms with Crippen LogP contribution in [0.15, 0.2) is 12.3 Å². The molecule has 0 bridgehead atoms. The van der Waals surface area contributed by atoms with Crippen LogP contribution in [0.25, 0.3) is 0 Å². The summed E-state index contributed by atoms with van der Waals surface area (Å²) in [5.74, 6) is 0. The van der Waals surface area contributed by atoms with E-state index in [0.717, 1.165) is 5.69 Å². The van der Waals surface area contributed by atoms with Gasteiger partial charge < -0.3 is 0 Å². The SMILES string of the molecule is Cc1cc[nH]n1.[Ti]. The molecule has 0 atom stereocenters. The molecule has 0 aliphatic heterocycles. The van der Waals surface area contributed by atoms with E-state index in [1.54, 1.807) is 6.20 Å². The number of aromatic amines is 1. The van der Waals surface area contributed by atoms with Gasteiger partial charge in [0.2, 0.25) is 0 Å². The Balaban J connectivity index is 0.000000360. The van der Waals surface area contributed by atoms with Crippen molar-refractivity contribution in [1.82, 2.24) is 10.2 Å². The van der Waals surface area contributed by atoms with Crippen molar-refractivity contribution in [3.63, 3.8) is 0 Å². The first-order valence-corrected chi connectivity index (χ1v) is 1.86. The van der Waals surface area contributed by atoms with Gasteiger partial charge in [-0.2, -0.15) is 5.10 Å². The van der Waals surface area contributed by atoms with E-state index in [4.69, 9.17) is 0 Å². The van der Waals surface area contributed by atoms with E-state index in [-0.39, 0.29) is 21.7 Å². The van der Waals surface area contributed by atoms with E-state index in [0.29, 0.717) is 0 Å². The number of hydrogen-bond donors (Lipinski definition) is 1. The van der Waals surface area contributed by atoms with Crippen LogP contribution in [0.2, 0.25) is 0 Å². The number of aryl methyl sites for hydroxylation is 1. The molecule has 1 aromatic heterocycles. The maximum absolute atomic E-state index is 3.79. The third-order valence-corrected chi connectivity index (χ3v) is 0.640. The van der Waals surface area contributed by atoms with Crippen LogP contribution in [0.1, 0.15) is 5.69 Å². The number of rotatable bonds is 0. The van der Waals surface area contributed by atoms with E-state index >= 15 is 0 Å². The molecule has 36 valence electrons. The molecule has 0 aromatic carbocycles. The quantitative estimate of drug-likeness (QED) is 0.515. The van der Waals surface area contributed by atoms with Gasteiger partial charge in [-0.15, -0.1) is 0 Å². The molecule has 7 heavy (non-hydrogen) atoms. The molecule has 1 N–H and O–H groups in total. The van der Waals surface area contributed by atoms with Gasteiger partial charge in [-0.3, -0.25) is 5.10 Å². The van der Waals surface area contributed by atoms with Gasteiger partial charge in [0, 0.05) is 27.9 Å². The normalized spacial score (nSPS) is 7.57. The number of H-pyrrole nitrogens is 1. The molecule has 2 nitrogen and oxygen atoms in total. The van der Waals surface area contributed by atoms with Crippen LogP contribution >= 0.6 is 0 Å². The van der Waals surface area contributed by atoms with Gasteiger partial charge in [-0.1, -0.05) is 0 Å². The summed E-state index contributed by atoms with van der Waals surface area (Å²) in [6, 6.07) is 1.92. The summed E-state index contributed by atoms with van der Waals surface area (Å²) in [4.78, 5) is 0. The molecule has 0 saturated carbocycles. The fraction of sp³-hybridized carbons (Fsp3) is 0.250. The first kappa shape index (κ1) is 6.92. The minimum absolute atomic E-state index is 0. The van der Waals surface area contributed by atoms with Crippen LogP contribution in [0.4, 0.5) is 0 Å². The average Bonchev–Trinajstić information content (AvgIpc) is 1.86. The summed E-state index contributed by atoms with van der Waals surface area (Å²) in [6.07, 6.45) is 1.80. The molecule has 1 aromatic rings. The van der Waals surface area contributed by atoms with Crippen molar-refractivity contribution in [2.45, 2.75) is 6.92 Å². The van der Waals surface area contributed by atoms with Crippen molar-refractivity contribution >= 4 is 0 Å². The molecule has 0 aliphatic rings. The Bertz CT molecular complexity index is 113. The predicted octanol–water partition coefficient (Wildman–Crippen LogP) is 0.716. The summed E-state index contributed by atoms with van der Waals surface area (Å²) in [5.41, 5.74) is 1.04. The third kappa shape index (κ3) is 1.90. The minimum Gasteiger partial charge on any atom is -0.285 e. The molecule has 0 saturated heterocycles. The van der Waals surface area contributed by atoms with Gasteiger partial charge in [0.05, 0.1) is 5.69 Å². The van der Waals surface area contributed by atoms with Crippen molar-refractivity contribution in [3.05, 3.63) is 18.0 Å². The van der Waals surface area contributed by atoms with Crippen LogP contribution in [0.5, 0.6) is 0 Å². The predicted molar refractivity (Wildman–Crippen MR) is 23.3 cm³/mol. The van der Waals surface area contributed by atoms with E-state index < -0.39 is 0 Å². The standard InChI is InChI=1S/C4H6N2.Ti/c1-4-2-3-5-6-4;/h2-3H,1H3,(H,5,6);. The Morgan fingerprint density at radius 2 is 2.43 bits per heavy atom. The zero-order valence-electron chi connectivity index (χ0n) is 4.10. The fourth-order valence-electron chi connectivity index (χ4n) is 0.334. The van der Waals surface area contributed by atoms with E-state index in [1.165, 1.54) is 0 Å². The van der Waals surface area contributed by atoms with Gasteiger partial charge in [0.15, 0.2) is 0 Å². The summed E-state index contributed by atoms with van der Waals surface area (Å²) < 4.78 is 0. The molecule has 0 amide bonds. The molecule has 0 aliphatic carbocycles. The largest absolute Gasteiger partial charge is 0.285 e. The first-order valence-electron chi connectivity index (χ1n) is 1.86. The van der Waals surface area contributed by atoms with E-state index in [1.807, 2.05) is 13.0 Å². The maximum Gasteiger partial charge on any atom is 0.0591 e. The summed E-state index contributed by atoms with van der Waals surface area (Å²) in [7, 11) is 0. The fourth-order valence-corrected chi connectivity index (χ4v) is 0.334. The van der Waals surface area contributed by atoms with Crippen molar-refractivity contribution in [2.75, 3.05) is 0 Å². The third-order valence-electron chi connectivity index (χ3n) is 0.640. The van der Waals surface area contributed by atoms with Crippen LogP contribution in [-0.2, 0) is 21.7 Å². The zero-order chi connectivity index (χ0) is 4.41. The molecule has 0 radical (unpaired) electrons. The number of nitrogens with zero attached hydrogens (tertiary/aromatic N) is 1. The number of hydrogen-bond acceptors (Lipinski definition) is 1. The average molecular weight is 130 g/mol. The van der Waals surface area contributed by atoms with Crippen molar-refractivity contribution in [1.29, 1.82) is 0 Å². The summed E-state index contributed by atoms with van der Waals surface area (Å²) >= 11 is 0. The molecule has 0 unspecified atom stereocenters. The molecular weight excluding hydrogens is 124 g/mol. The number of nitrogens with one attached hydrogen (secondary N) is 1. The van der Waals surface area contributed by atoms with Crippen molar-refractivity contribution in [3.8, 4) is 0 Å². The van der Waals surface area contributed by atoms with Crippen LogP contribution in [-0.4, -0.2) is 10.2 Å². The van der Waals surface area contributed by atoms with Gasteiger partial charge in [-0.05, 0) is 13.0 Å². The number of aromatic nitrogens is 2. The summed E-state index contributed by atoms with van der Waals surface area (Å²) in [5, 5.41) is 6.47. The van der Waals surface area contributed by atoms with Crippen molar-refractivity contribution in [2.24, 2.45) is 0 Å². The minimum atomic E-state index is 0. The van der Waals surface area contributed by atoms with Gasteiger partial charge >= 0.3 is 0 Å². The Morgan fingerprint density at radius 1 is 1.71 bits per heavy atom. The molecule has 0 fully saturated rings. The van der Waals surface area contributed by atoms with Crippen molar-refractivity contribution < 1.29 is 21.7 Å². The first-order chi connectivity index (χ1) is 2.89. The van der Waals surface area contributed by atoms with Crippen LogP contribution < -0.4 is 0 Å². The van der Waals surface area contributed by atoms with Gasteiger partial charge in [0.1, 0.15) is 0 Å². The molecular formula is C4H6N2Ti. The topological polar surface area (TPSA) is 28.7 Å². The Hall–Kier alpha value is -0.0757. The maximum atomic E-state index is 3.79. The second-order valence-electron chi connectivity index (χ2n) is 1.22. The van der Waals surface area contributed by atoms with Gasteiger partial charge in [-0.25, -0.2) is 0 Å². The molecule has 1 rings (SSSR count). The second-order valence-corrected chi connectivity index (χ2v) is 1.22. The van der Waals surface area contributed by atoms with Crippen LogP contribution in [0, 0.1) is 6.92 Å². The zero-order valence-corrected chi connectivity index (χ0v) is 5.66. The van der Waals surface area contributed by atoms with E-state index in [2.05, 4.69) is 10.2 Å². The summed E-state index contributed by atoms with van der Waals surface area (Å²) in [6.45, 7) is 1.94. The Kier molecular flexibility index (Phi) is 2.96. The smallest absolute Gasteiger partial charge is 0.0591 e.